The number of nitrogens with one attached hydrogen (secondary N) is 1. The molecule has 1 amide bonds. The molecule has 1 aliphatic heterocycles. The number of carbonyl (C=O) groups is 1. The second-order valence-electron chi connectivity index (χ2n) is 8.17. The first-order valence-corrected chi connectivity index (χ1v) is 12.5. The lowest BCUT2D eigenvalue weighted by Crippen LogP contribution is -2.54. The number of halogens is 3. The lowest BCUT2D eigenvalue weighted by atomic mass is 10.1. The van der Waals surface area contributed by atoms with E-state index in [-0.39, 0.29) is 12.0 Å². The van der Waals surface area contributed by atoms with Gasteiger partial charge in [0.05, 0.1) is 29.5 Å². The fourth-order valence-electron chi connectivity index (χ4n) is 3.67. The molecule has 0 saturated carbocycles. The van der Waals surface area contributed by atoms with E-state index in [1.807, 2.05) is 43.3 Å². The molecule has 1 fully saturated rings. The molecule has 3 aromatic rings. The summed E-state index contributed by atoms with van der Waals surface area (Å²) in [6.45, 7) is 3.44. The first kappa shape index (κ1) is 24.8. The highest BCUT2D eigenvalue weighted by Gasteiger charge is 2.31. The van der Waals surface area contributed by atoms with Crippen LogP contribution in [-0.4, -0.2) is 35.1 Å². The Hall–Kier alpha value is -3.33. The van der Waals surface area contributed by atoms with Crippen molar-refractivity contribution in [2.45, 2.75) is 30.6 Å². The maximum atomic E-state index is 12.7. The molecule has 0 spiro atoms. The van der Waals surface area contributed by atoms with Gasteiger partial charge >= 0.3 is 6.18 Å². The predicted octanol–water partition coefficient (Wildman–Crippen LogP) is 5.03. The third kappa shape index (κ3) is 6.22. The summed E-state index contributed by atoms with van der Waals surface area (Å²) in [5.41, 5.74) is 1.70. The summed E-state index contributed by atoms with van der Waals surface area (Å²) >= 11 is 0. The summed E-state index contributed by atoms with van der Waals surface area (Å²) in [6, 6.07) is 19.3. The summed E-state index contributed by atoms with van der Waals surface area (Å²) in [7, 11) is -0.997. The zero-order valence-corrected chi connectivity index (χ0v) is 19.9. The Kier molecular flexibility index (Phi) is 7.45. The molecule has 1 aliphatic rings. The van der Waals surface area contributed by atoms with Gasteiger partial charge in [-0.2, -0.15) is 13.2 Å². The number of carbonyl (C=O) groups excluding carboxylic acids is 1. The van der Waals surface area contributed by atoms with E-state index in [0.717, 1.165) is 28.3 Å². The van der Waals surface area contributed by atoms with Crippen LogP contribution in [0.3, 0.4) is 0 Å². The van der Waals surface area contributed by atoms with E-state index in [0.29, 0.717) is 36.7 Å². The highest BCUT2D eigenvalue weighted by Crippen LogP contribution is 2.31. The van der Waals surface area contributed by atoms with Crippen molar-refractivity contribution in [3.8, 4) is 5.75 Å². The van der Waals surface area contributed by atoms with E-state index >= 15 is 0 Å². The predicted molar refractivity (Wildman–Crippen MR) is 129 cm³/mol. The van der Waals surface area contributed by atoms with Crippen molar-refractivity contribution in [1.82, 2.24) is 5.32 Å². The first-order chi connectivity index (χ1) is 16.7. The van der Waals surface area contributed by atoms with Gasteiger partial charge in [-0.3, -0.25) is 9.00 Å². The van der Waals surface area contributed by atoms with Gasteiger partial charge in [0, 0.05) is 28.4 Å². The first-order valence-electron chi connectivity index (χ1n) is 11.2. The number of nitrogens with zero attached hydrogens (tertiary/aromatic N) is 1. The molecule has 1 atom stereocenters. The zero-order valence-electron chi connectivity index (χ0n) is 19.0. The van der Waals surface area contributed by atoms with Gasteiger partial charge in [-0.15, -0.1) is 0 Å². The zero-order chi connectivity index (χ0) is 25.0. The smallest absolute Gasteiger partial charge is 0.416 e. The van der Waals surface area contributed by atoms with Crippen LogP contribution in [0.1, 0.15) is 28.4 Å². The summed E-state index contributed by atoms with van der Waals surface area (Å²) in [5.74, 6) is 0.781. The van der Waals surface area contributed by atoms with Crippen molar-refractivity contribution in [2.75, 3.05) is 23.7 Å². The molecule has 3 aromatic carbocycles. The average molecular weight is 503 g/mol. The van der Waals surface area contributed by atoms with Crippen molar-refractivity contribution < 1.29 is 26.9 Å². The maximum absolute atomic E-state index is 12.7. The molecule has 9 heteroatoms. The molecule has 1 unspecified atom stereocenters. The van der Waals surface area contributed by atoms with Crippen LogP contribution < -0.4 is 15.0 Å². The SMILES string of the molecule is CCS(=O)c1ccc(CNC(=O)c2ccc(N3CC(Oc4ccc(C(F)(F)F)cc4)C3)cc2)cc1. The van der Waals surface area contributed by atoms with E-state index in [9.17, 15) is 22.2 Å². The number of hydrogen-bond acceptors (Lipinski definition) is 4. The number of benzene rings is 3. The Morgan fingerprint density at radius 1 is 1.00 bits per heavy atom. The van der Waals surface area contributed by atoms with Crippen LogP contribution in [0.25, 0.3) is 0 Å². The number of ether oxygens (including phenoxy) is 1. The minimum absolute atomic E-state index is 0.115. The van der Waals surface area contributed by atoms with Crippen molar-refractivity contribution in [2.24, 2.45) is 0 Å². The van der Waals surface area contributed by atoms with E-state index in [4.69, 9.17) is 4.74 Å². The minimum atomic E-state index is -4.36. The van der Waals surface area contributed by atoms with Crippen molar-refractivity contribution >= 4 is 22.4 Å². The number of alkyl halides is 3. The van der Waals surface area contributed by atoms with Gasteiger partial charge in [0.25, 0.3) is 5.91 Å². The summed E-state index contributed by atoms with van der Waals surface area (Å²) in [4.78, 5) is 15.3. The van der Waals surface area contributed by atoms with E-state index in [2.05, 4.69) is 10.2 Å². The minimum Gasteiger partial charge on any atom is -0.487 e. The quantitative estimate of drug-likeness (QED) is 0.470. The molecule has 0 aliphatic carbocycles. The maximum Gasteiger partial charge on any atom is 0.416 e. The van der Waals surface area contributed by atoms with Gasteiger partial charge in [-0.05, 0) is 66.2 Å². The van der Waals surface area contributed by atoms with Crippen molar-refractivity contribution in [3.63, 3.8) is 0 Å². The van der Waals surface area contributed by atoms with Crippen molar-refractivity contribution in [1.29, 1.82) is 0 Å². The molecular formula is C26H25F3N2O3S. The highest BCUT2D eigenvalue weighted by atomic mass is 32.2. The van der Waals surface area contributed by atoms with Gasteiger partial charge in [-0.1, -0.05) is 19.1 Å². The van der Waals surface area contributed by atoms with Crippen LogP contribution in [0, 0.1) is 0 Å². The second kappa shape index (κ2) is 10.5. The largest absolute Gasteiger partial charge is 0.487 e. The second-order valence-corrected chi connectivity index (χ2v) is 9.91. The summed E-state index contributed by atoms with van der Waals surface area (Å²) < 4.78 is 55.6. The van der Waals surface area contributed by atoms with E-state index in [1.54, 1.807) is 12.1 Å². The van der Waals surface area contributed by atoms with Gasteiger partial charge < -0.3 is 15.0 Å². The van der Waals surface area contributed by atoms with Crippen molar-refractivity contribution in [3.05, 3.63) is 89.5 Å². The van der Waals surface area contributed by atoms with Gasteiger partial charge in [0.1, 0.15) is 11.9 Å². The van der Waals surface area contributed by atoms with Crippen LogP contribution >= 0.6 is 0 Å². The topological polar surface area (TPSA) is 58.6 Å². The van der Waals surface area contributed by atoms with Crippen LogP contribution in [0.5, 0.6) is 5.75 Å². The molecule has 184 valence electrons. The number of anilines is 1. The van der Waals surface area contributed by atoms with E-state index < -0.39 is 22.5 Å². The molecule has 0 bridgehead atoms. The molecule has 4 rings (SSSR count). The van der Waals surface area contributed by atoms with Crippen LogP contribution in [0.4, 0.5) is 18.9 Å². The Labute approximate surface area is 204 Å². The standard InChI is InChI=1S/C26H25F3N2O3S/c1-2-35(33)24-13-3-18(4-14-24)15-30-25(32)19-5-9-21(10-6-19)31-16-23(17-31)34-22-11-7-20(8-12-22)26(27,28)29/h3-14,23H,2,15-17H2,1H3,(H,30,32). The number of hydrogen-bond donors (Lipinski definition) is 1. The molecular weight excluding hydrogens is 477 g/mol. The lowest BCUT2D eigenvalue weighted by molar-refractivity contribution is -0.137. The van der Waals surface area contributed by atoms with Gasteiger partial charge in [-0.25, -0.2) is 0 Å². The third-order valence-electron chi connectivity index (χ3n) is 5.73. The number of amides is 1. The Balaban J connectivity index is 1.24. The van der Waals surface area contributed by atoms with Gasteiger partial charge in [0.2, 0.25) is 0 Å². The average Bonchev–Trinajstić information content (AvgIpc) is 2.84. The van der Waals surface area contributed by atoms with Crippen LogP contribution in [0.2, 0.25) is 0 Å². The molecule has 1 N–H and O–H groups in total. The Bertz CT molecular complexity index is 1170. The van der Waals surface area contributed by atoms with Gasteiger partial charge in [0.15, 0.2) is 0 Å². The molecule has 5 nitrogen and oxygen atoms in total. The third-order valence-corrected chi connectivity index (χ3v) is 7.05. The number of rotatable bonds is 8. The monoisotopic (exact) mass is 502 g/mol. The Morgan fingerprint density at radius 3 is 2.20 bits per heavy atom. The highest BCUT2D eigenvalue weighted by molar-refractivity contribution is 7.85. The molecule has 1 heterocycles. The fourth-order valence-corrected chi connectivity index (χ4v) is 4.45. The molecule has 0 aromatic heterocycles. The fraction of sp³-hybridized carbons (Fsp3) is 0.269. The molecule has 1 saturated heterocycles. The molecule has 35 heavy (non-hydrogen) atoms. The Morgan fingerprint density at radius 2 is 1.63 bits per heavy atom. The van der Waals surface area contributed by atoms with Crippen LogP contribution in [0.15, 0.2) is 77.7 Å². The summed E-state index contributed by atoms with van der Waals surface area (Å²) in [6.07, 6.45) is -4.48. The normalized spacial score (nSPS) is 14.8. The molecule has 0 radical (unpaired) electrons. The summed E-state index contributed by atoms with van der Waals surface area (Å²) in [5, 5.41) is 2.88. The lowest BCUT2D eigenvalue weighted by Gasteiger charge is -2.40. The van der Waals surface area contributed by atoms with E-state index in [1.165, 1.54) is 12.1 Å². The van der Waals surface area contributed by atoms with Crippen LogP contribution in [-0.2, 0) is 23.5 Å².